The Morgan fingerprint density at radius 3 is 2.63 bits per heavy atom. The Morgan fingerprint density at radius 2 is 2.00 bits per heavy atom. The molecular weight excluding hydrogens is 242 g/mol. The van der Waals surface area contributed by atoms with Gasteiger partial charge < -0.3 is 9.57 Å². The molecule has 104 valence electrons. The summed E-state index contributed by atoms with van der Waals surface area (Å²) in [5.74, 6) is 1.11. The van der Waals surface area contributed by atoms with Crippen LogP contribution in [0.1, 0.15) is 35.7 Å². The molecule has 4 nitrogen and oxygen atoms in total. The third kappa shape index (κ3) is 3.47. The lowest BCUT2D eigenvalue weighted by Crippen LogP contribution is -2.35. The van der Waals surface area contributed by atoms with Gasteiger partial charge in [-0.3, -0.25) is 0 Å². The van der Waals surface area contributed by atoms with E-state index >= 15 is 0 Å². The van der Waals surface area contributed by atoms with Gasteiger partial charge in [-0.05, 0) is 43.4 Å². The summed E-state index contributed by atoms with van der Waals surface area (Å²) in [6, 6.07) is 5.37. The minimum atomic E-state index is -0.312. The fourth-order valence-electron chi connectivity index (χ4n) is 2.19. The van der Waals surface area contributed by atoms with Crippen molar-refractivity contribution in [2.45, 2.75) is 26.7 Å². The van der Waals surface area contributed by atoms with Gasteiger partial charge in [0, 0.05) is 13.1 Å². The number of carbonyl (C=O) groups is 1. The highest BCUT2D eigenvalue weighted by atomic mass is 16.7. The van der Waals surface area contributed by atoms with Crippen LogP contribution in [0.15, 0.2) is 18.2 Å². The molecule has 0 bridgehead atoms. The molecule has 1 aromatic rings. The van der Waals surface area contributed by atoms with E-state index in [2.05, 4.69) is 6.92 Å². The molecule has 4 heteroatoms. The van der Waals surface area contributed by atoms with Crippen molar-refractivity contribution in [2.24, 2.45) is 5.92 Å². The highest BCUT2D eigenvalue weighted by molar-refractivity contribution is 5.89. The van der Waals surface area contributed by atoms with E-state index in [1.54, 1.807) is 24.3 Å². The Kier molecular flexibility index (Phi) is 4.43. The number of aryl methyl sites for hydroxylation is 1. The minimum Gasteiger partial charge on any atom is -0.496 e. The quantitative estimate of drug-likeness (QED) is 0.840. The summed E-state index contributed by atoms with van der Waals surface area (Å²) >= 11 is 0. The maximum atomic E-state index is 12.1. The molecule has 0 amide bonds. The molecule has 19 heavy (non-hydrogen) atoms. The van der Waals surface area contributed by atoms with E-state index in [0.29, 0.717) is 11.3 Å². The molecule has 0 spiro atoms. The molecule has 1 fully saturated rings. The largest absolute Gasteiger partial charge is 0.496 e. The van der Waals surface area contributed by atoms with Crippen molar-refractivity contribution < 1.29 is 14.4 Å². The van der Waals surface area contributed by atoms with Crippen LogP contribution < -0.4 is 4.74 Å². The smallest absolute Gasteiger partial charge is 0.357 e. The minimum absolute atomic E-state index is 0.312. The van der Waals surface area contributed by atoms with Crippen molar-refractivity contribution in [1.82, 2.24) is 5.06 Å². The number of nitrogens with zero attached hydrogens (tertiary/aromatic N) is 1. The number of rotatable bonds is 3. The van der Waals surface area contributed by atoms with Gasteiger partial charge in [-0.15, -0.1) is 5.06 Å². The maximum Gasteiger partial charge on any atom is 0.357 e. The normalized spacial score (nSPS) is 17.2. The molecule has 1 aliphatic rings. The number of ether oxygens (including phenoxy) is 1. The standard InChI is InChI=1S/C15H21NO3/c1-11-6-8-16(9-7-11)19-15(17)13-5-4-12(2)14(10-13)18-3/h4-5,10-11H,6-9H2,1-3H3. The third-order valence-corrected chi connectivity index (χ3v) is 3.60. The van der Waals surface area contributed by atoms with Gasteiger partial charge in [0.2, 0.25) is 0 Å². The summed E-state index contributed by atoms with van der Waals surface area (Å²) in [4.78, 5) is 17.5. The molecule has 0 aliphatic carbocycles. The van der Waals surface area contributed by atoms with E-state index in [1.165, 1.54) is 0 Å². The molecule has 0 unspecified atom stereocenters. The number of hydroxylamine groups is 2. The second-order valence-corrected chi connectivity index (χ2v) is 5.17. The van der Waals surface area contributed by atoms with Crippen LogP contribution in [0.2, 0.25) is 0 Å². The van der Waals surface area contributed by atoms with Gasteiger partial charge in [0.15, 0.2) is 0 Å². The fourth-order valence-corrected chi connectivity index (χ4v) is 2.19. The molecule has 1 heterocycles. The van der Waals surface area contributed by atoms with Crippen LogP contribution in [0.5, 0.6) is 5.75 Å². The van der Waals surface area contributed by atoms with Crippen LogP contribution >= 0.6 is 0 Å². The first kappa shape index (κ1) is 13.9. The molecule has 1 saturated heterocycles. The predicted octanol–water partition coefficient (Wildman–Crippen LogP) is 2.81. The van der Waals surface area contributed by atoms with Crippen molar-refractivity contribution in [3.8, 4) is 5.75 Å². The Morgan fingerprint density at radius 1 is 1.32 bits per heavy atom. The summed E-state index contributed by atoms with van der Waals surface area (Å²) in [5, 5.41) is 1.76. The second-order valence-electron chi connectivity index (χ2n) is 5.17. The maximum absolute atomic E-state index is 12.1. The van der Waals surface area contributed by atoms with Gasteiger partial charge in [-0.2, -0.15) is 0 Å². The molecule has 0 aromatic heterocycles. The topological polar surface area (TPSA) is 38.8 Å². The van der Waals surface area contributed by atoms with E-state index in [-0.39, 0.29) is 5.97 Å². The average Bonchev–Trinajstić information content (AvgIpc) is 2.42. The van der Waals surface area contributed by atoms with E-state index in [0.717, 1.165) is 37.4 Å². The van der Waals surface area contributed by atoms with E-state index in [9.17, 15) is 4.79 Å². The number of piperidine rings is 1. The van der Waals surface area contributed by atoms with Crippen LogP contribution in [-0.2, 0) is 4.84 Å². The fraction of sp³-hybridized carbons (Fsp3) is 0.533. The molecule has 1 aliphatic heterocycles. The lowest BCUT2D eigenvalue weighted by Gasteiger charge is -2.28. The molecule has 1 aromatic carbocycles. The number of hydrogen-bond donors (Lipinski definition) is 0. The SMILES string of the molecule is COc1cc(C(=O)ON2CCC(C)CC2)ccc1C. The van der Waals surface area contributed by atoms with Crippen molar-refractivity contribution >= 4 is 5.97 Å². The van der Waals surface area contributed by atoms with Crippen molar-refractivity contribution in [3.63, 3.8) is 0 Å². The summed E-state index contributed by atoms with van der Waals surface area (Å²) in [5.41, 5.74) is 1.53. The lowest BCUT2D eigenvalue weighted by molar-refractivity contribution is -0.125. The van der Waals surface area contributed by atoms with Gasteiger partial charge in [-0.25, -0.2) is 4.79 Å². The molecule has 0 radical (unpaired) electrons. The number of benzene rings is 1. The van der Waals surface area contributed by atoms with E-state index in [1.807, 2.05) is 13.0 Å². The third-order valence-electron chi connectivity index (χ3n) is 3.60. The van der Waals surface area contributed by atoms with Crippen LogP contribution in [-0.4, -0.2) is 31.2 Å². The van der Waals surface area contributed by atoms with Crippen molar-refractivity contribution in [3.05, 3.63) is 29.3 Å². The van der Waals surface area contributed by atoms with E-state index in [4.69, 9.17) is 9.57 Å². The zero-order chi connectivity index (χ0) is 13.8. The van der Waals surface area contributed by atoms with Crippen LogP contribution in [0, 0.1) is 12.8 Å². The molecule has 0 saturated carbocycles. The van der Waals surface area contributed by atoms with Crippen molar-refractivity contribution in [1.29, 1.82) is 0 Å². The highest BCUT2D eigenvalue weighted by Gasteiger charge is 2.20. The molecule has 0 N–H and O–H groups in total. The Balaban J connectivity index is 2.00. The van der Waals surface area contributed by atoms with Gasteiger partial charge in [-0.1, -0.05) is 13.0 Å². The van der Waals surface area contributed by atoms with Crippen molar-refractivity contribution in [2.75, 3.05) is 20.2 Å². The number of carbonyl (C=O) groups excluding carboxylic acids is 1. The Hall–Kier alpha value is -1.55. The molecule has 2 rings (SSSR count). The van der Waals surface area contributed by atoms with Crippen LogP contribution in [0.4, 0.5) is 0 Å². The van der Waals surface area contributed by atoms with E-state index < -0.39 is 0 Å². The molecular formula is C15H21NO3. The van der Waals surface area contributed by atoms with Gasteiger partial charge >= 0.3 is 5.97 Å². The first-order valence-corrected chi connectivity index (χ1v) is 6.72. The first-order valence-electron chi connectivity index (χ1n) is 6.72. The Labute approximate surface area is 114 Å². The van der Waals surface area contributed by atoms with Gasteiger partial charge in [0.1, 0.15) is 5.75 Å². The summed E-state index contributed by atoms with van der Waals surface area (Å²) in [6.07, 6.45) is 2.15. The molecule has 0 atom stereocenters. The van der Waals surface area contributed by atoms with Crippen LogP contribution in [0.3, 0.4) is 0 Å². The second kappa shape index (κ2) is 6.06. The Bertz CT molecular complexity index is 451. The number of hydrogen-bond acceptors (Lipinski definition) is 4. The highest BCUT2D eigenvalue weighted by Crippen LogP contribution is 2.21. The summed E-state index contributed by atoms with van der Waals surface area (Å²) < 4.78 is 5.22. The zero-order valence-corrected chi connectivity index (χ0v) is 11.8. The average molecular weight is 263 g/mol. The zero-order valence-electron chi connectivity index (χ0n) is 11.8. The summed E-state index contributed by atoms with van der Waals surface area (Å²) in [6.45, 7) is 5.80. The van der Waals surface area contributed by atoms with Gasteiger partial charge in [0.25, 0.3) is 0 Å². The van der Waals surface area contributed by atoms with Crippen LogP contribution in [0.25, 0.3) is 0 Å². The lowest BCUT2D eigenvalue weighted by atomic mass is 10.0. The summed E-state index contributed by atoms with van der Waals surface area (Å²) in [7, 11) is 1.60. The monoisotopic (exact) mass is 263 g/mol. The first-order chi connectivity index (χ1) is 9.10. The predicted molar refractivity (Wildman–Crippen MR) is 73.1 cm³/mol. The van der Waals surface area contributed by atoms with Gasteiger partial charge in [0.05, 0.1) is 12.7 Å². The number of methoxy groups -OCH3 is 1.